The number of nitrogens with one attached hydrogen (secondary N) is 1. The summed E-state index contributed by atoms with van der Waals surface area (Å²) in [6, 6.07) is 7.20. The molecule has 0 aliphatic carbocycles. The lowest BCUT2D eigenvalue weighted by Crippen LogP contribution is -2.18. The second-order valence-corrected chi connectivity index (χ2v) is 4.63. The van der Waals surface area contributed by atoms with Crippen LogP contribution in [0.15, 0.2) is 42.7 Å². The number of aliphatic hydroxyl groups is 1. The van der Waals surface area contributed by atoms with Gasteiger partial charge in [-0.1, -0.05) is 12.1 Å². The van der Waals surface area contributed by atoms with Crippen LogP contribution in [-0.2, 0) is 0 Å². The first-order chi connectivity index (χ1) is 11.0. The Hall–Kier alpha value is -2.74. The van der Waals surface area contributed by atoms with Crippen molar-refractivity contribution in [1.29, 1.82) is 0 Å². The number of amides is 1. The lowest BCUT2D eigenvalue weighted by Gasteiger charge is -2.15. The Kier molecular flexibility index (Phi) is 5.42. The monoisotopic (exact) mass is 323 g/mol. The van der Waals surface area contributed by atoms with Crippen LogP contribution >= 0.6 is 0 Å². The number of carbonyl (C=O) groups is 1. The number of halogens is 2. The van der Waals surface area contributed by atoms with Crippen molar-refractivity contribution >= 4 is 11.6 Å². The Labute approximate surface area is 130 Å². The fraction of sp³-hybridized carbons (Fsp3) is 0.200. The van der Waals surface area contributed by atoms with E-state index in [4.69, 9.17) is 5.73 Å². The molecule has 0 spiro atoms. The highest BCUT2D eigenvalue weighted by molar-refractivity contribution is 5.98. The predicted octanol–water partition coefficient (Wildman–Crippen LogP) is 1.93. The number of nitrogens with two attached hydrogens (primary N) is 1. The van der Waals surface area contributed by atoms with Crippen molar-refractivity contribution in [2.24, 2.45) is 5.73 Å². The fourth-order valence-corrected chi connectivity index (χ4v) is 1.94. The van der Waals surface area contributed by atoms with Gasteiger partial charge in [-0.25, -0.2) is 0 Å². The molecule has 2 rings (SSSR count). The van der Waals surface area contributed by atoms with Crippen LogP contribution in [0.4, 0.5) is 14.5 Å². The normalized spacial score (nSPS) is 12.0. The number of hydrogen-bond acceptors (Lipinski definition) is 5. The molecule has 122 valence electrons. The highest BCUT2D eigenvalue weighted by Crippen LogP contribution is 2.20. The third-order valence-electron chi connectivity index (χ3n) is 3.06. The van der Waals surface area contributed by atoms with E-state index in [1.807, 2.05) is 0 Å². The molecule has 4 N–H and O–H groups in total. The Morgan fingerprint density at radius 3 is 2.61 bits per heavy atom. The summed E-state index contributed by atoms with van der Waals surface area (Å²) in [5.41, 5.74) is 6.40. The molecule has 0 fully saturated rings. The maximum absolute atomic E-state index is 12.1. The van der Waals surface area contributed by atoms with Gasteiger partial charge in [0.2, 0.25) is 0 Å². The zero-order valence-corrected chi connectivity index (χ0v) is 11.9. The molecule has 2 aromatic rings. The van der Waals surface area contributed by atoms with Crippen LogP contribution in [0.1, 0.15) is 22.0 Å². The van der Waals surface area contributed by atoms with E-state index < -0.39 is 18.6 Å². The molecule has 0 saturated heterocycles. The number of carbonyl (C=O) groups excluding carboxylic acids is 1. The summed E-state index contributed by atoms with van der Waals surface area (Å²) in [5, 5.41) is 13.0. The number of nitrogens with zero attached hydrogens (tertiary/aromatic N) is 1. The van der Waals surface area contributed by atoms with E-state index in [0.717, 1.165) is 0 Å². The molecule has 0 aliphatic rings. The average molecular weight is 323 g/mol. The van der Waals surface area contributed by atoms with Gasteiger partial charge in [-0.3, -0.25) is 9.78 Å². The number of aromatic nitrogens is 1. The maximum Gasteiger partial charge on any atom is 0.387 e. The van der Waals surface area contributed by atoms with Crippen LogP contribution in [0.5, 0.6) is 5.75 Å². The van der Waals surface area contributed by atoms with Gasteiger partial charge in [0, 0.05) is 18.9 Å². The van der Waals surface area contributed by atoms with Crippen LogP contribution < -0.4 is 15.8 Å². The number of ether oxygens (including phenoxy) is 1. The van der Waals surface area contributed by atoms with E-state index in [9.17, 15) is 18.7 Å². The van der Waals surface area contributed by atoms with E-state index in [1.165, 1.54) is 36.7 Å². The standard InChI is InChI=1S/C15H15F2N3O3/c16-15(17)23-10-3-1-9(2-4-10)13(21)8-20-12-5-6-19-7-11(12)14(18)22/h1-7,13,15,21H,8H2,(H2,18,22)(H,19,20). The van der Waals surface area contributed by atoms with E-state index >= 15 is 0 Å². The second-order valence-electron chi connectivity index (χ2n) is 4.63. The number of benzene rings is 1. The Balaban J connectivity index is 2.00. The van der Waals surface area contributed by atoms with Crippen molar-refractivity contribution in [3.63, 3.8) is 0 Å². The van der Waals surface area contributed by atoms with Crippen molar-refractivity contribution in [1.82, 2.24) is 4.98 Å². The molecule has 6 nitrogen and oxygen atoms in total. The van der Waals surface area contributed by atoms with Crippen molar-refractivity contribution in [2.45, 2.75) is 12.7 Å². The van der Waals surface area contributed by atoms with Crippen molar-refractivity contribution < 1.29 is 23.4 Å². The van der Waals surface area contributed by atoms with Crippen molar-refractivity contribution in [3.8, 4) is 5.75 Å². The summed E-state index contributed by atoms with van der Waals surface area (Å²) >= 11 is 0. The van der Waals surface area contributed by atoms with Crippen LogP contribution in [0.3, 0.4) is 0 Å². The van der Waals surface area contributed by atoms with Crippen LogP contribution in [0.25, 0.3) is 0 Å². The Morgan fingerprint density at radius 2 is 2.00 bits per heavy atom. The molecule has 0 saturated carbocycles. The molecular weight excluding hydrogens is 308 g/mol. The van der Waals surface area contributed by atoms with Crippen LogP contribution in [0.2, 0.25) is 0 Å². The molecular formula is C15H15F2N3O3. The van der Waals surface area contributed by atoms with Gasteiger partial charge in [-0.05, 0) is 23.8 Å². The number of aliphatic hydroxyl groups excluding tert-OH is 1. The zero-order valence-electron chi connectivity index (χ0n) is 11.9. The summed E-state index contributed by atoms with van der Waals surface area (Å²) in [4.78, 5) is 15.1. The summed E-state index contributed by atoms with van der Waals surface area (Å²) in [5.74, 6) is -0.627. The summed E-state index contributed by atoms with van der Waals surface area (Å²) in [7, 11) is 0. The zero-order chi connectivity index (χ0) is 16.8. The first-order valence-electron chi connectivity index (χ1n) is 6.68. The molecule has 1 heterocycles. The summed E-state index contributed by atoms with van der Waals surface area (Å²) in [6.07, 6.45) is 1.90. The molecule has 1 aromatic heterocycles. The molecule has 0 bridgehead atoms. The molecule has 0 aliphatic heterocycles. The topological polar surface area (TPSA) is 97.5 Å². The van der Waals surface area contributed by atoms with E-state index in [1.54, 1.807) is 6.07 Å². The Bertz CT molecular complexity index is 665. The number of rotatable bonds is 7. The minimum absolute atomic E-state index is 0.00839. The molecule has 0 radical (unpaired) electrons. The van der Waals surface area contributed by atoms with Crippen molar-refractivity contribution in [3.05, 3.63) is 53.9 Å². The van der Waals surface area contributed by atoms with E-state index in [-0.39, 0.29) is 17.9 Å². The van der Waals surface area contributed by atoms with Gasteiger partial charge in [0.15, 0.2) is 0 Å². The van der Waals surface area contributed by atoms with Gasteiger partial charge in [0.05, 0.1) is 17.4 Å². The molecule has 1 aromatic carbocycles. The summed E-state index contributed by atoms with van der Waals surface area (Å²) in [6.45, 7) is -2.80. The molecule has 1 amide bonds. The lowest BCUT2D eigenvalue weighted by atomic mass is 10.1. The number of alkyl halides is 2. The third-order valence-corrected chi connectivity index (χ3v) is 3.06. The highest BCUT2D eigenvalue weighted by Gasteiger charge is 2.12. The number of pyridine rings is 1. The van der Waals surface area contributed by atoms with E-state index in [2.05, 4.69) is 15.0 Å². The van der Waals surface area contributed by atoms with Crippen LogP contribution in [0, 0.1) is 0 Å². The average Bonchev–Trinajstić information content (AvgIpc) is 2.53. The van der Waals surface area contributed by atoms with Crippen molar-refractivity contribution in [2.75, 3.05) is 11.9 Å². The van der Waals surface area contributed by atoms with Crippen LogP contribution in [-0.4, -0.2) is 29.2 Å². The minimum Gasteiger partial charge on any atom is -0.435 e. The SMILES string of the molecule is NC(=O)c1cnccc1NCC(O)c1ccc(OC(F)F)cc1. The first-order valence-corrected chi connectivity index (χ1v) is 6.68. The number of hydrogen-bond donors (Lipinski definition) is 3. The van der Waals surface area contributed by atoms with Gasteiger partial charge in [-0.2, -0.15) is 8.78 Å². The quantitative estimate of drug-likeness (QED) is 0.723. The number of anilines is 1. The summed E-state index contributed by atoms with van der Waals surface area (Å²) < 4.78 is 28.4. The predicted molar refractivity (Wildman–Crippen MR) is 79.3 cm³/mol. The third kappa shape index (κ3) is 4.62. The second kappa shape index (κ2) is 7.50. The van der Waals surface area contributed by atoms with Gasteiger partial charge in [0.1, 0.15) is 5.75 Å². The van der Waals surface area contributed by atoms with Gasteiger partial charge >= 0.3 is 6.61 Å². The first kappa shape index (κ1) is 16.6. The fourth-order valence-electron chi connectivity index (χ4n) is 1.94. The van der Waals surface area contributed by atoms with Gasteiger partial charge in [0.25, 0.3) is 5.91 Å². The number of primary amides is 1. The molecule has 23 heavy (non-hydrogen) atoms. The highest BCUT2D eigenvalue weighted by atomic mass is 19.3. The van der Waals surface area contributed by atoms with E-state index in [0.29, 0.717) is 11.3 Å². The Morgan fingerprint density at radius 1 is 1.30 bits per heavy atom. The maximum atomic E-state index is 12.1. The lowest BCUT2D eigenvalue weighted by molar-refractivity contribution is -0.0498. The largest absolute Gasteiger partial charge is 0.435 e. The van der Waals surface area contributed by atoms with Gasteiger partial charge in [-0.15, -0.1) is 0 Å². The molecule has 1 atom stereocenters. The minimum atomic E-state index is -2.90. The molecule has 8 heteroatoms. The molecule has 1 unspecified atom stereocenters. The van der Waals surface area contributed by atoms with Gasteiger partial charge < -0.3 is 20.9 Å². The smallest absolute Gasteiger partial charge is 0.387 e.